The van der Waals surface area contributed by atoms with E-state index in [1.165, 1.54) is 0 Å². The Labute approximate surface area is 284 Å². The van der Waals surface area contributed by atoms with Crippen LogP contribution >= 0.6 is 0 Å². The van der Waals surface area contributed by atoms with Crippen LogP contribution in [0.3, 0.4) is 0 Å². The van der Waals surface area contributed by atoms with Crippen molar-refractivity contribution in [1.29, 1.82) is 0 Å². The summed E-state index contributed by atoms with van der Waals surface area (Å²) in [5, 5.41) is 0. The third kappa shape index (κ3) is 21.2. The van der Waals surface area contributed by atoms with Crippen molar-refractivity contribution in [3.8, 4) is 34.2 Å². The standard InChI is InChI=1S/3C10H8N2.2ClHO4.Fe/c3*1-3-7-11-9(5-1)10-6-2-4-8-12-10;2*2-1(3,4)5;/h3*1-8H;2*(H,2,3,4,5);/q;;;;;+2/p-2. The summed E-state index contributed by atoms with van der Waals surface area (Å²) in [5.74, 6) is 0. The Hall–Kier alpha value is -4.32. The molecule has 47 heavy (non-hydrogen) atoms. The van der Waals surface area contributed by atoms with Crippen LogP contribution in [0.15, 0.2) is 146 Å². The van der Waals surface area contributed by atoms with Crippen LogP contribution in [0.4, 0.5) is 0 Å². The van der Waals surface area contributed by atoms with Crippen molar-refractivity contribution in [1.82, 2.24) is 29.9 Å². The first-order valence-electron chi connectivity index (χ1n) is 12.6. The van der Waals surface area contributed by atoms with Crippen LogP contribution in [0.1, 0.15) is 0 Å². The Morgan fingerprint density at radius 2 is 0.404 bits per heavy atom. The van der Waals surface area contributed by atoms with Crippen LogP contribution in [0.5, 0.6) is 0 Å². The van der Waals surface area contributed by atoms with Gasteiger partial charge < -0.3 is 0 Å². The molecule has 0 spiro atoms. The molecule has 0 atom stereocenters. The number of rotatable bonds is 3. The average molecular weight is 723 g/mol. The number of pyridine rings is 6. The van der Waals surface area contributed by atoms with E-state index in [0.29, 0.717) is 0 Å². The monoisotopic (exact) mass is 722 g/mol. The zero-order valence-corrected chi connectivity index (χ0v) is 26.5. The molecule has 0 fully saturated rings. The fourth-order valence-electron chi connectivity index (χ4n) is 3.09. The minimum absolute atomic E-state index is 0. The van der Waals surface area contributed by atoms with Crippen molar-refractivity contribution in [2.45, 2.75) is 0 Å². The van der Waals surface area contributed by atoms with E-state index < -0.39 is 20.5 Å². The molecule has 0 N–H and O–H groups in total. The smallest absolute Gasteiger partial charge is 0.255 e. The van der Waals surface area contributed by atoms with E-state index in [1.807, 2.05) is 109 Å². The van der Waals surface area contributed by atoms with Gasteiger partial charge in [0, 0.05) is 37.2 Å². The average Bonchev–Trinajstić information content (AvgIpc) is 3.06. The zero-order chi connectivity index (χ0) is 33.7. The van der Waals surface area contributed by atoms with Gasteiger partial charge in [0.15, 0.2) is 0 Å². The first-order chi connectivity index (χ1) is 21.9. The summed E-state index contributed by atoms with van der Waals surface area (Å²) in [6.45, 7) is 0. The maximum absolute atomic E-state index is 8.49. The Bertz CT molecular complexity index is 1300. The van der Waals surface area contributed by atoms with Crippen molar-refractivity contribution >= 4 is 0 Å². The van der Waals surface area contributed by atoms with Gasteiger partial charge in [0.05, 0.1) is 34.2 Å². The van der Waals surface area contributed by atoms with E-state index in [2.05, 4.69) is 29.9 Å². The summed E-state index contributed by atoms with van der Waals surface area (Å²) in [4.78, 5) is 25.1. The summed E-state index contributed by atoms with van der Waals surface area (Å²) in [6, 6.07) is 34.8. The van der Waals surface area contributed by atoms with Gasteiger partial charge in [0.1, 0.15) is 0 Å². The van der Waals surface area contributed by atoms with Crippen LogP contribution in [0.25, 0.3) is 34.2 Å². The third-order valence-corrected chi connectivity index (χ3v) is 4.78. The molecule has 0 unspecified atom stereocenters. The number of aromatic nitrogens is 6. The molecule has 6 heterocycles. The van der Waals surface area contributed by atoms with E-state index in [-0.39, 0.29) is 17.1 Å². The van der Waals surface area contributed by atoms with Gasteiger partial charge in [0.2, 0.25) is 0 Å². The molecule has 6 aromatic rings. The van der Waals surface area contributed by atoms with E-state index >= 15 is 0 Å². The summed E-state index contributed by atoms with van der Waals surface area (Å²) < 4.78 is 67.9. The molecule has 0 aliphatic heterocycles. The molecule has 0 saturated heterocycles. The number of hydrogen-bond acceptors (Lipinski definition) is 14. The van der Waals surface area contributed by atoms with Crippen LogP contribution in [-0.2, 0) is 17.1 Å². The van der Waals surface area contributed by atoms with Crippen LogP contribution in [0, 0.1) is 20.5 Å². The normalized spacial score (nSPS) is 9.96. The summed E-state index contributed by atoms with van der Waals surface area (Å²) in [5.41, 5.74) is 5.49. The van der Waals surface area contributed by atoms with Crippen molar-refractivity contribution in [2.24, 2.45) is 0 Å². The van der Waals surface area contributed by atoms with E-state index in [9.17, 15) is 0 Å². The molecule has 0 saturated carbocycles. The summed E-state index contributed by atoms with van der Waals surface area (Å²) in [7, 11) is -9.89. The molecule has 0 bridgehead atoms. The molecule has 0 aliphatic carbocycles. The number of nitrogens with zero attached hydrogens (tertiary/aromatic N) is 6. The van der Waals surface area contributed by atoms with Crippen molar-refractivity contribution < 1.29 is 74.8 Å². The first kappa shape index (κ1) is 40.7. The second-order valence-electron chi connectivity index (χ2n) is 8.05. The predicted octanol–water partition coefficient (Wildman–Crippen LogP) is -3.08. The Kier molecular flexibility index (Phi) is 19.3. The molecule has 0 aliphatic rings. The molecule has 0 amide bonds. The molecule has 6 rings (SSSR count). The van der Waals surface area contributed by atoms with Crippen LogP contribution in [0.2, 0.25) is 0 Å². The minimum Gasteiger partial charge on any atom is -0.255 e. The predicted molar refractivity (Wildman–Crippen MR) is 142 cm³/mol. The Morgan fingerprint density at radius 1 is 0.277 bits per heavy atom. The molecular weight excluding hydrogens is 699 g/mol. The number of hydrogen-bond donors (Lipinski definition) is 0. The van der Waals surface area contributed by atoms with Crippen LogP contribution < -0.4 is 37.3 Å². The Morgan fingerprint density at radius 3 is 0.489 bits per heavy atom. The minimum atomic E-state index is -4.94. The molecule has 0 radical (unpaired) electrons. The molecule has 0 aromatic carbocycles. The quantitative estimate of drug-likeness (QED) is 0.164. The van der Waals surface area contributed by atoms with E-state index in [4.69, 9.17) is 37.3 Å². The first-order valence-corrected chi connectivity index (χ1v) is 15.1. The van der Waals surface area contributed by atoms with Gasteiger partial charge in [-0.05, 0) is 72.8 Å². The fourth-order valence-corrected chi connectivity index (χ4v) is 3.09. The van der Waals surface area contributed by atoms with Gasteiger partial charge in [0.25, 0.3) is 0 Å². The SMILES string of the molecule is [Fe+2].[O-][Cl+3]([O-])([O-])[O-].[O-][Cl+3]([O-])([O-])[O-].c1ccc(-c2ccccn2)nc1.c1ccc(-c2ccccn2)nc1.c1ccc(-c2ccccn2)nc1. The maximum atomic E-state index is 8.49. The largest absolute Gasteiger partial charge is 2.00 e. The van der Waals surface area contributed by atoms with Crippen molar-refractivity contribution in [3.05, 3.63) is 146 Å². The third-order valence-electron chi connectivity index (χ3n) is 4.78. The van der Waals surface area contributed by atoms with E-state index in [0.717, 1.165) is 34.2 Å². The number of halogens is 2. The molecule has 244 valence electrons. The topological polar surface area (TPSA) is 262 Å². The molecular formula is C30H24Cl2FeN6O8. The van der Waals surface area contributed by atoms with Crippen LogP contribution in [-0.4, -0.2) is 29.9 Å². The second-order valence-corrected chi connectivity index (χ2v) is 9.56. The van der Waals surface area contributed by atoms with Crippen molar-refractivity contribution in [2.75, 3.05) is 0 Å². The second kappa shape index (κ2) is 22.2. The van der Waals surface area contributed by atoms with Gasteiger partial charge in [-0.1, -0.05) is 36.4 Å². The van der Waals surface area contributed by atoms with Gasteiger partial charge in [-0.3, -0.25) is 29.9 Å². The fraction of sp³-hybridized carbons (Fsp3) is 0. The van der Waals surface area contributed by atoms with Gasteiger partial charge in [-0.25, -0.2) is 37.3 Å². The maximum Gasteiger partial charge on any atom is 2.00 e. The van der Waals surface area contributed by atoms with Gasteiger partial charge in [-0.15, -0.1) is 20.5 Å². The summed E-state index contributed by atoms with van der Waals surface area (Å²) >= 11 is 0. The van der Waals surface area contributed by atoms with Gasteiger partial charge >= 0.3 is 17.1 Å². The Balaban J connectivity index is 0.000000307. The molecule has 14 nitrogen and oxygen atoms in total. The molecule has 6 aromatic heterocycles. The van der Waals surface area contributed by atoms with Crippen molar-refractivity contribution in [3.63, 3.8) is 0 Å². The molecule has 17 heteroatoms. The van der Waals surface area contributed by atoms with Gasteiger partial charge in [-0.2, -0.15) is 0 Å². The summed E-state index contributed by atoms with van der Waals surface area (Å²) in [6.07, 6.45) is 10.6. The zero-order valence-electron chi connectivity index (χ0n) is 23.9. The van der Waals surface area contributed by atoms with E-state index in [1.54, 1.807) is 37.2 Å².